The van der Waals surface area contributed by atoms with Crippen molar-refractivity contribution in [1.29, 1.82) is 0 Å². The zero-order chi connectivity index (χ0) is 19.0. The van der Waals surface area contributed by atoms with E-state index in [1.165, 1.54) is 11.3 Å². The van der Waals surface area contributed by atoms with Crippen molar-refractivity contribution in [2.24, 2.45) is 0 Å². The fourth-order valence-electron chi connectivity index (χ4n) is 3.25. The summed E-state index contributed by atoms with van der Waals surface area (Å²) in [5.41, 5.74) is 1.85. The molecule has 0 unspecified atom stereocenters. The number of nitrogens with zero attached hydrogens (tertiary/aromatic N) is 3. The van der Waals surface area contributed by atoms with Gasteiger partial charge in [-0.1, -0.05) is 18.2 Å². The third-order valence-corrected chi connectivity index (χ3v) is 7.79. The van der Waals surface area contributed by atoms with Gasteiger partial charge in [-0.15, -0.1) is 22.1 Å². The SMILES string of the molecule is Cc1nn(-c2ccccc2)c2sc(C(=O)NCCN3CCCS3(O)O)cc12. The second-order valence-corrected chi connectivity index (χ2v) is 9.76. The van der Waals surface area contributed by atoms with Crippen molar-refractivity contribution in [3.63, 3.8) is 0 Å². The number of carbonyl (C=O) groups is 1. The molecule has 4 rings (SSSR count). The average molecular weight is 407 g/mol. The Hall–Kier alpha value is -1.91. The first-order valence-corrected chi connectivity index (χ1v) is 11.3. The molecular formula is C18H22N4O3S2. The molecule has 0 aliphatic carbocycles. The molecule has 0 radical (unpaired) electrons. The van der Waals surface area contributed by atoms with Crippen LogP contribution >= 0.6 is 22.1 Å². The van der Waals surface area contributed by atoms with Gasteiger partial charge in [0, 0.05) is 25.0 Å². The van der Waals surface area contributed by atoms with Gasteiger partial charge in [0.05, 0.1) is 22.0 Å². The highest BCUT2D eigenvalue weighted by molar-refractivity contribution is 8.22. The minimum absolute atomic E-state index is 0.147. The zero-order valence-electron chi connectivity index (χ0n) is 15.0. The summed E-state index contributed by atoms with van der Waals surface area (Å²) in [6, 6.07) is 11.7. The first-order valence-electron chi connectivity index (χ1n) is 8.79. The Kier molecular flexibility index (Phi) is 4.95. The number of amides is 1. The minimum Gasteiger partial charge on any atom is -0.350 e. The highest BCUT2D eigenvalue weighted by Crippen LogP contribution is 2.47. The number of nitrogens with one attached hydrogen (secondary N) is 1. The number of hydrogen-bond acceptors (Lipinski definition) is 6. The molecule has 27 heavy (non-hydrogen) atoms. The topological polar surface area (TPSA) is 90.6 Å². The lowest BCUT2D eigenvalue weighted by Crippen LogP contribution is -2.34. The minimum atomic E-state index is -2.63. The fraction of sp³-hybridized carbons (Fsp3) is 0.333. The predicted octanol–water partition coefficient (Wildman–Crippen LogP) is 3.50. The summed E-state index contributed by atoms with van der Waals surface area (Å²) in [6.45, 7) is 3.42. The number of fused-ring (bicyclic) bond motifs is 1. The van der Waals surface area contributed by atoms with Crippen LogP contribution in [0.3, 0.4) is 0 Å². The molecule has 1 aliphatic heterocycles. The normalized spacial score (nSPS) is 18.0. The lowest BCUT2D eigenvalue weighted by Gasteiger charge is -2.36. The van der Waals surface area contributed by atoms with E-state index in [4.69, 9.17) is 0 Å². The van der Waals surface area contributed by atoms with E-state index in [9.17, 15) is 13.9 Å². The molecule has 1 amide bonds. The van der Waals surface area contributed by atoms with Gasteiger partial charge in [-0.25, -0.2) is 8.99 Å². The molecule has 0 atom stereocenters. The van der Waals surface area contributed by atoms with Gasteiger partial charge < -0.3 is 5.32 Å². The van der Waals surface area contributed by atoms with Crippen LogP contribution in [0.15, 0.2) is 36.4 Å². The van der Waals surface area contributed by atoms with Crippen LogP contribution in [-0.4, -0.2) is 54.5 Å². The maximum Gasteiger partial charge on any atom is 0.261 e. The number of rotatable bonds is 5. The molecule has 1 saturated heterocycles. The van der Waals surface area contributed by atoms with E-state index in [-0.39, 0.29) is 5.91 Å². The first kappa shape index (κ1) is 18.5. The molecule has 2 aromatic heterocycles. The highest BCUT2D eigenvalue weighted by Gasteiger charge is 2.28. The Morgan fingerprint density at radius 1 is 1.33 bits per heavy atom. The van der Waals surface area contributed by atoms with Gasteiger partial charge in [-0.05, 0) is 31.5 Å². The van der Waals surface area contributed by atoms with Crippen LogP contribution in [0.2, 0.25) is 0 Å². The summed E-state index contributed by atoms with van der Waals surface area (Å²) in [6.07, 6.45) is 0.780. The Morgan fingerprint density at radius 2 is 2.11 bits per heavy atom. The maximum absolute atomic E-state index is 12.5. The second kappa shape index (κ2) is 7.25. The summed E-state index contributed by atoms with van der Waals surface area (Å²) in [4.78, 5) is 14.1. The molecule has 1 aromatic carbocycles. The third-order valence-electron chi connectivity index (χ3n) is 4.66. The van der Waals surface area contributed by atoms with E-state index in [2.05, 4.69) is 10.4 Å². The van der Waals surface area contributed by atoms with Crippen molar-refractivity contribution < 1.29 is 13.9 Å². The number of thiophene rings is 1. The number of aromatic nitrogens is 2. The van der Waals surface area contributed by atoms with Gasteiger partial charge in [0.1, 0.15) is 4.83 Å². The first-order chi connectivity index (χ1) is 13.0. The molecule has 9 heteroatoms. The molecule has 3 N–H and O–H groups in total. The lowest BCUT2D eigenvalue weighted by atomic mass is 10.3. The van der Waals surface area contributed by atoms with Crippen molar-refractivity contribution in [2.45, 2.75) is 13.3 Å². The van der Waals surface area contributed by atoms with Crippen molar-refractivity contribution in [3.8, 4) is 5.69 Å². The molecule has 0 spiro atoms. The standard InChI is InChI=1S/C18H22N4O3S2/c1-13-15-12-16(17(23)19-8-10-21-9-5-11-27(21,24)25)26-18(15)22(20-13)14-6-3-2-4-7-14/h2-4,6-7,12,24-25H,5,8-11H2,1H3,(H,19,23). The van der Waals surface area contributed by atoms with Crippen LogP contribution in [0.25, 0.3) is 15.9 Å². The van der Waals surface area contributed by atoms with Crippen molar-refractivity contribution >= 4 is 38.2 Å². The summed E-state index contributed by atoms with van der Waals surface area (Å²) in [7, 11) is -2.63. The highest BCUT2D eigenvalue weighted by atomic mass is 32.3. The van der Waals surface area contributed by atoms with Crippen LogP contribution in [-0.2, 0) is 0 Å². The molecule has 7 nitrogen and oxygen atoms in total. The summed E-state index contributed by atoms with van der Waals surface area (Å²) >= 11 is 1.41. The molecule has 144 valence electrons. The Balaban J connectivity index is 1.48. The smallest absolute Gasteiger partial charge is 0.261 e. The average Bonchev–Trinajstić information content (AvgIpc) is 3.31. The van der Waals surface area contributed by atoms with Crippen molar-refractivity contribution in [1.82, 2.24) is 19.4 Å². The maximum atomic E-state index is 12.5. The predicted molar refractivity (Wildman–Crippen MR) is 110 cm³/mol. The molecule has 3 aromatic rings. The van der Waals surface area contributed by atoms with Gasteiger partial charge in [-0.2, -0.15) is 5.10 Å². The number of para-hydroxylation sites is 1. The van der Waals surface area contributed by atoms with Crippen molar-refractivity contribution in [3.05, 3.63) is 47.0 Å². The molecule has 0 saturated carbocycles. The van der Waals surface area contributed by atoms with Crippen LogP contribution < -0.4 is 5.32 Å². The zero-order valence-corrected chi connectivity index (χ0v) is 16.6. The fourth-order valence-corrected chi connectivity index (χ4v) is 5.93. The Morgan fingerprint density at radius 3 is 2.81 bits per heavy atom. The second-order valence-electron chi connectivity index (χ2n) is 6.54. The van der Waals surface area contributed by atoms with Gasteiger partial charge in [0.25, 0.3) is 5.91 Å². The van der Waals surface area contributed by atoms with E-state index in [0.717, 1.165) is 28.0 Å². The number of hydrogen-bond donors (Lipinski definition) is 3. The van der Waals surface area contributed by atoms with Crippen LogP contribution in [0.4, 0.5) is 0 Å². The van der Waals surface area contributed by atoms with Crippen molar-refractivity contribution in [2.75, 3.05) is 25.4 Å². The van der Waals surface area contributed by atoms with Crippen LogP contribution in [0.5, 0.6) is 0 Å². The number of carbonyl (C=O) groups excluding carboxylic acids is 1. The van der Waals surface area contributed by atoms with Gasteiger partial charge in [-0.3, -0.25) is 13.9 Å². The quantitative estimate of drug-likeness (QED) is 0.603. The van der Waals surface area contributed by atoms with E-state index >= 15 is 0 Å². The number of benzene rings is 1. The van der Waals surface area contributed by atoms with Crippen LogP contribution in [0, 0.1) is 6.92 Å². The molecule has 0 bridgehead atoms. The molecular weight excluding hydrogens is 384 g/mol. The Bertz CT molecular complexity index is 968. The lowest BCUT2D eigenvalue weighted by molar-refractivity contribution is 0.0955. The number of aryl methyl sites for hydroxylation is 1. The van der Waals surface area contributed by atoms with E-state index < -0.39 is 10.8 Å². The summed E-state index contributed by atoms with van der Waals surface area (Å²) in [5.74, 6) is 0.276. The van der Waals surface area contributed by atoms with Crippen LogP contribution in [0.1, 0.15) is 21.8 Å². The van der Waals surface area contributed by atoms with E-state index in [1.807, 2.05) is 48.0 Å². The monoisotopic (exact) mass is 406 g/mol. The largest absolute Gasteiger partial charge is 0.350 e. The van der Waals surface area contributed by atoms with Gasteiger partial charge in [0.15, 0.2) is 0 Å². The Labute approximate surface area is 163 Å². The van der Waals surface area contributed by atoms with E-state index in [1.54, 1.807) is 4.31 Å². The van der Waals surface area contributed by atoms with Gasteiger partial charge >= 0.3 is 0 Å². The van der Waals surface area contributed by atoms with Gasteiger partial charge in [0.2, 0.25) is 0 Å². The third kappa shape index (κ3) is 3.61. The summed E-state index contributed by atoms with van der Waals surface area (Å²) < 4.78 is 23.4. The van der Waals surface area contributed by atoms with E-state index in [0.29, 0.717) is 30.3 Å². The molecule has 1 aliphatic rings. The molecule has 3 heterocycles. The molecule has 1 fully saturated rings. The summed E-state index contributed by atoms with van der Waals surface area (Å²) in [5, 5.41) is 8.45.